The molecule has 5 nitrogen and oxygen atoms in total. The van der Waals surface area contributed by atoms with E-state index in [0.717, 1.165) is 0 Å². The number of halogens is 1. The molecule has 1 saturated heterocycles. The number of hydrogen-bond donors (Lipinski definition) is 3. The van der Waals surface area contributed by atoms with Gasteiger partial charge in [-0.3, -0.25) is 10.3 Å². The third-order valence-corrected chi connectivity index (χ3v) is 3.19. The lowest BCUT2D eigenvalue weighted by Crippen LogP contribution is -2.43. The van der Waals surface area contributed by atoms with Gasteiger partial charge in [0.15, 0.2) is 0 Å². The second-order valence-corrected chi connectivity index (χ2v) is 4.60. The lowest BCUT2D eigenvalue weighted by atomic mass is 10.1. The smallest absolute Gasteiger partial charge is 0.138 e. The van der Waals surface area contributed by atoms with Crippen molar-refractivity contribution in [1.82, 2.24) is 4.90 Å². The fourth-order valence-corrected chi connectivity index (χ4v) is 2.19. The number of amidine groups is 1. The van der Waals surface area contributed by atoms with Gasteiger partial charge in [-0.1, -0.05) is 12.1 Å². The van der Waals surface area contributed by atoms with E-state index in [1.807, 2.05) is 4.90 Å². The Hall–Kier alpha value is -1.50. The van der Waals surface area contributed by atoms with Crippen LogP contribution in [0.15, 0.2) is 18.2 Å². The van der Waals surface area contributed by atoms with E-state index in [0.29, 0.717) is 31.8 Å². The fraction of sp³-hybridized carbons (Fsp3) is 0.462. The lowest BCUT2D eigenvalue weighted by Gasteiger charge is -2.32. The first-order valence-electron chi connectivity index (χ1n) is 6.18. The van der Waals surface area contributed by atoms with Crippen molar-refractivity contribution in [3.05, 3.63) is 35.1 Å². The van der Waals surface area contributed by atoms with Crippen molar-refractivity contribution in [1.29, 1.82) is 5.41 Å². The minimum absolute atomic E-state index is 0.0353. The summed E-state index contributed by atoms with van der Waals surface area (Å²) >= 11 is 0. The highest BCUT2D eigenvalue weighted by molar-refractivity contribution is 5.95. The quantitative estimate of drug-likeness (QED) is 0.541. The van der Waals surface area contributed by atoms with Crippen LogP contribution in [0.5, 0.6) is 0 Å². The minimum Gasteiger partial charge on any atom is -0.394 e. The van der Waals surface area contributed by atoms with Crippen LogP contribution in [0.1, 0.15) is 11.1 Å². The fourth-order valence-electron chi connectivity index (χ4n) is 2.19. The van der Waals surface area contributed by atoms with Gasteiger partial charge in [-0.05, 0) is 6.07 Å². The zero-order valence-electron chi connectivity index (χ0n) is 10.6. The standard InChI is InChI=1S/C13H18FN3O2/c14-12-9(2-1-3-11(12)13(15)16)6-17-4-5-19-10(7-17)8-18/h1-3,10,18H,4-8H2,(H3,15,16). The molecule has 1 fully saturated rings. The van der Waals surface area contributed by atoms with Crippen molar-refractivity contribution in [2.45, 2.75) is 12.6 Å². The molecule has 0 aromatic heterocycles. The van der Waals surface area contributed by atoms with E-state index in [1.165, 1.54) is 6.07 Å². The molecule has 4 N–H and O–H groups in total. The molecule has 104 valence electrons. The number of nitrogens with one attached hydrogen (secondary N) is 1. The maximum atomic E-state index is 14.1. The highest BCUT2D eigenvalue weighted by Gasteiger charge is 2.21. The molecule has 2 rings (SSSR count). The molecule has 0 bridgehead atoms. The molecule has 1 heterocycles. The van der Waals surface area contributed by atoms with Gasteiger partial charge in [-0.2, -0.15) is 0 Å². The number of nitrogen functional groups attached to an aromatic ring is 1. The SMILES string of the molecule is N=C(N)c1cccc(CN2CCOC(CO)C2)c1F. The van der Waals surface area contributed by atoms with E-state index in [9.17, 15) is 4.39 Å². The van der Waals surface area contributed by atoms with Gasteiger partial charge >= 0.3 is 0 Å². The van der Waals surface area contributed by atoms with Crippen LogP contribution in [0, 0.1) is 11.2 Å². The van der Waals surface area contributed by atoms with Crippen molar-refractivity contribution in [3.63, 3.8) is 0 Å². The Morgan fingerprint density at radius 1 is 1.58 bits per heavy atom. The van der Waals surface area contributed by atoms with Crippen LogP contribution in [0.25, 0.3) is 0 Å². The topological polar surface area (TPSA) is 82.6 Å². The first-order valence-corrected chi connectivity index (χ1v) is 6.18. The molecule has 1 aromatic rings. The molecule has 1 aliphatic rings. The van der Waals surface area contributed by atoms with Gasteiger partial charge in [-0.25, -0.2) is 4.39 Å². The highest BCUT2D eigenvalue weighted by Crippen LogP contribution is 2.16. The zero-order chi connectivity index (χ0) is 13.8. The summed E-state index contributed by atoms with van der Waals surface area (Å²) in [7, 11) is 0. The van der Waals surface area contributed by atoms with Crippen LogP contribution in [-0.2, 0) is 11.3 Å². The Bertz CT molecular complexity index is 467. The summed E-state index contributed by atoms with van der Waals surface area (Å²) in [4.78, 5) is 2.02. The van der Waals surface area contributed by atoms with Gasteiger partial charge in [-0.15, -0.1) is 0 Å². The summed E-state index contributed by atoms with van der Waals surface area (Å²) in [5.41, 5.74) is 5.97. The second kappa shape index (κ2) is 6.10. The number of aliphatic hydroxyl groups excluding tert-OH is 1. The molecule has 1 aromatic carbocycles. The van der Waals surface area contributed by atoms with E-state index in [-0.39, 0.29) is 24.1 Å². The Labute approximate surface area is 111 Å². The molecule has 19 heavy (non-hydrogen) atoms. The van der Waals surface area contributed by atoms with Gasteiger partial charge in [0, 0.05) is 25.2 Å². The molecule has 6 heteroatoms. The number of nitrogens with two attached hydrogens (primary N) is 1. The number of nitrogens with zero attached hydrogens (tertiary/aromatic N) is 1. The summed E-state index contributed by atoms with van der Waals surface area (Å²) in [5, 5.41) is 16.4. The van der Waals surface area contributed by atoms with Crippen molar-refractivity contribution >= 4 is 5.84 Å². The molecule has 1 unspecified atom stereocenters. The average Bonchev–Trinajstić information content (AvgIpc) is 2.41. The van der Waals surface area contributed by atoms with E-state index >= 15 is 0 Å². The highest BCUT2D eigenvalue weighted by atomic mass is 19.1. The van der Waals surface area contributed by atoms with Gasteiger partial charge in [0.25, 0.3) is 0 Å². The molecule has 1 aliphatic heterocycles. The first kappa shape index (κ1) is 13.9. The van der Waals surface area contributed by atoms with E-state index < -0.39 is 5.82 Å². The maximum absolute atomic E-state index is 14.1. The van der Waals surface area contributed by atoms with Crippen molar-refractivity contribution in [2.24, 2.45) is 5.73 Å². The Kier molecular flexibility index (Phi) is 4.47. The van der Waals surface area contributed by atoms with E-state index in [2.05, 4.69) is 0 Å². The zero-order valence-corrected chi connectivity index (χ0v) is 10.6. The molecule has 0 amide bonds. The monoisotopic (exact) mass is 267 g/mol. The number of benzene rings is 1. The largest absolute Gasteiger partial charge is 0.394 e. The number of morpholine rings is 1. The second-order valence-electron chi connectivity index (χ2n) is 4.60. The number of ether oxygens (including phenoxy) is 1. The molecule has 1 atom stereocenters. The van der Waals surface area contributed by atoms with Crippen LogP contribution < -0.4 is 5.73 Å². The predicted molar refractivity (Wildman–Crippen MR) is 69.5 cm³/mol. The van der Waals surface area contributed by atoms with Crippen molar-refractivity contribution in [3.8, 4) is 0 Å². The Morgan fingerprint density at radius 3 is 3.05 bits per heavy atom. The van der Waals surface area contributed by atoms with Crippen LogP contribution >= 0.6 is 0 Å². The number of hydrogen-bond acceptors (Lipinski definition) is 4. The molecular weight excluding hydrogens is 249 g/mol. The van der Waals surface area contributed by atoms with Crippen molar-refractivity contribution < 1.29 is 14.2 Å². The first-order chi connectivity index (χ1) is 9.11. The summed E-state index contributed by atoms with van der Waals surface area (Å²) in [6.07, 6.45) is -0.215. The summed E-state index contributed by atoms with van der Waals surface area (Å²) in [6.45, 7) is 2.18. The van der Waals surface area contributed by atoms with Crippen molar-refractivity contribution in [2.75, 3.05) is 26.3 Å². The number of rotatable bonds is 4. The van der Waals surface area contributed by atoms with Crippen LogP contribution in [0.4, 0.5) is 4.39 Å². The number of aliphatic hydroxyl groups is 1. The molecule has 0 radical (unpaired) electrons. The molecule has 0 spiro atoms. The van der Waals surface area contributed by atoms with E-state index in [1.54, 1.807) is 12.1 Å². The Balaban J connectivity index is 2.10. The summed E-state index contributed by atoms with van der Waals surface area (Å²) in [5.74, 6) is -0.711. The van der Waals surface area contributed by atoms with Gasteiger partial charge in [0.2, 0.25) is 0 Å². The van der Waals surface area contributed by atoms with Gasteiger partial charge in [0.05, 0.1) is 24.9 Å². The molecular formula is C13H18FN3O2. The third kappa shape index (κ3) is 3.28. The van der Waals surface area contributed by atoms with Gasteiger partial charge < -0.3 is 15.6 Å². The minimum atomic E-state index is -0.443. The summed E-state index contributed by atoms with van der Waals surface area (Å²) in [6, 6.07) is 4.88. The molecule has 0 aliphatic carbocycles. The maximum Gasteiger partial charge on any atom is 0.138 e. The predicted octanol–water partition coefficient (Wildman–Crippen LogP) is 0.303. The van der Waals surface area contributed by atoms with Crippen LogP contribution in [-0.4, -0.2) is 48.2 Å². The van der Waals surface area contributed by atoms with Crippen LogP contribution in [0.3, 0.4) is 0 Å². The lowest BCUT2D eigenvalue weighted by molar-refractivity contribution is -0.0553. The van der Waals surface area contributed by atoms with Crippen LogP contribution in [0.2, 0.25) is 0 Å². The third-order valence-electron chi connectivity index (χ3n) is 3.19. The molecule has 0 saturated carbocycles. The van der Waals surface area contributed by atoms with Gasteiger partial charge in [0.1, 0.15) is 11.7 Å². The summed E-state index contributed by atoms with van der Waals surface area (Å²) < 4.78 is 19.5. The average molecular weight is 267 g/mol. The Morgan fingerprint density at radius 2 is 2.37 bits per heavy atom. The normalized spacial score (nSPS) is 20.4. The van der Waals surface area contributed by atoms with E-state index in [4.69, 9.17) is 21.0 Å².